The molecule has 0 unspecified atom stereocenters. The van der Waals surface area contributed by atoms with Crippen LogP contribution in [-0.4, -0.2) is 66.7 Å². The summed E-state index contributed by atoms with van der Waals surface area (Å²) in [4.78, 5) is 27.6. The van der Waals surface area contributed by atoms with E-state index in [0.717, 1.165) is 0 Å². The topological polar surface area (TPSA) is 70.1 Å². The van der Waals surface area contributed by atoms with E-state index in [9.17, 15) is 14.7 Å². The van der Waals surface area contributed by atoms with Gasteiger partial charge in [-0.25, -0.2) is 0 Å². The predicted octanol–water partition coefficient (Wildman–Crippen LogP) is 0.984. The standard InChI is InChI=1S/C16H22N2O4S/c1-22-14-6-4-3-5-12(14)18-9-8-17(11-15(18)20)16(21)13(19)7-10-23-2/h3-6,13,19H,7-11H2,1-2H3/t13-/m0/s1. The number of methoxy groups -OCH3 is 1. The van der Waals surface area contributed by atoms with Gasteiger partial charge in [-0.1, -0.05) is 12.1 Å². The summed E-state index contributed by atoms with van der Waals surface area (Å²) < 4.78 is 5.29. The Labute approximate surface area is 140 Å². The first-order valence-corrected chi connectivity index (χ1v) is 8.87. The highest BCUT2D eigenvalue weighted by Crippen LogP contribution is 2.28. The second kappa shape index (κ2) is 8.21. The average molecular weight is 338 g/mol. The maximum Gasteiger partial charge on any atom is 0.251 e. The molecule has 6 nitrogen and oxygen atoms in total. The van der Waals surface area contributed by atoms with Crippen molar-refractivity contribution in [3.8, 4) is 5.75 Å². The van der Waals surface area contributed by atoms with E-state index in [-0.39, 0.29) is 18.4 Å². The van der Waals surface area contributed by atoms with Crippen LogP contribution in [0.4, 0.5) is 5.69 Å². The highest BCUT2D eigenvalue weighted by atomic mass is 32.2. The van der Waals surface area contributed by atoms with Crippen LogP contribution in [0.2, 0.25) is 0 Å². The predicted molar refractivity (Wildman–Crippen MR) is 90.9 cm³/mol. The van der Waals surface area contributed by atoms with Crippen molar-refractivity contribution >= 4 is 29.3 Å². The third kappa shape index (κ3) is 4.17. The number of piperazine rings is 1. The minimum absolute atomic E-state index is 0.0206. The smallest absolute Gasteiger partial charge is 0.251 e. The zero-order valence-electron chi connectivity index (χ0n) is 13.4. The Balaban J connectivity index is 2.02. The summed E-state index contributed by atoms with van der Waals surface area (Å²) in [6, 6.07) is 7.30. The Hall–Kier alpha value is -1.73. The van der Waals surface area contributed by atoms with Crippen LogP contribution in [0.25, 0.3) is 0 Å². The number of anilines is 1. The summed E-state index contributed by atoms with van der Waals surface area (Å²) in [6.07, 6.45) is 1.29. The molecule has 0 radical (unpaired) electrons. The molecule has 0 spiro atoms. The van der Waals surface area contributed by atoms with Gasteiger partial charge in [0.2, 0.25) is 5.91 Å². The van der Waals surface area contributed by atoms with Crippen LogP contribution in [0, 0.1) is 0 Å². The second-order valence-corrected chi connectivity index (χ2v) is 6.26. The maximum atomic E-state index is 12.4. The van der Waals surface area contributed by atoms with Crippen molar-refractivity contribution in [2.75, 3.05) is 43.7 Å². The van der Waals surface area contributed by atoms with E-state index < -0.39 is 6.10 Å². The van der Waals surface area contributed by atoms with Crippen molar-refractivity contribution in [3.05, 3.63) is 24.3 Å². The van der Waals surface area contributed by atoms with Crippen LogP contribution < -0.4 is 9.64 Å². The molecule has 126 valence electrons. The molecule has 1 aliphatic rings. The number of carbonyl (C=O) groups excluding carboxylic acids is 2. The molecule has 1 fully saturated rings. The van der Waals surface area contributed by atoms with Crippen molar-refractivity contribution in [2.45, 2.75) is 12.5 Å². The van der Waals surface area contributed by atoms with Crippen LogP contribution in [-0.2, 0) is 9.59 Å². The molecule has 1 aliphatic heterocycles. The third-order valence-electron chi connectivity index (χ3n) is 3.79. The lowest BCUT2D eigenvalue weighted by molar-refractivity contribution is -0.144. The Bertz CT molecular complexity index is 567. The van der Waals surface area contributed by atoms with Gasteiger partial charge in [0.1, 0.15) is 18.4 Å². The molecule has 1 atom stereocenters. The average Bonchev–Trinajstić information content (AvgIpc) is 2.58. The largest absolute Gasteiger partial charge is 0.495 e. The number of hydrogen-bond donors (Lipinski definition) is 1. The molecular formula is C16H22N2O4S. The number of ether oxygens (including phenoxy) is 1. The van der Waals surface area contributed by atoms with E-state index in [1.54, 1.807) is 29.8 Å². The number of thioether (sulfide) groups is 1. The number of carbonyl (C=O) groups is 2. The van der Waals surface area contributed by atoms with Gasteiger partial charge < -0.3 is 19.6 Å². The van der Waals surface area contributed by atoms with Crippen molar-refractivity contribution in [3.63, 3.8) is 0 Å². The quantitative estimate of drug-likeness (QED) is 0.837. The summed E-state index contributed by atoms with van der Waals surface area (Å²) >= 11 is 1.58. The third-order valence-corrected chi connectivity index (χ3v) is 4.43. The van der Waals surface area contributed by atoms with Gasteiger partial charge in [-0.15, -0.1) is 0 Å². The minimum atomic E-state index is -1.03. The van der Waals surface area contributed by atoms with Gasteiger partial charge in [0.15, 0.2) is 0 Å². The zero-order valence-corrected chi connectivity index (χ0v) is 14.2. The second-order valence-electron chi connectivity index (χ2n) is 5.27. The van der Waals surface area contributed by atoms with Gasteiger partial charge >= 0.3 is 0 Å². The summed E-state index contributed by atoms with van der Waals surface area (Å²) in [5.41, 5.74) is 0.704. The number of hydrogen-bond acceptors (Lipinski definition) is 5. The molecule has 2 rings (SSSR count). The number of aliphatic hydroxyl groups is 1. The van der Waals surface area contributed by atoms with Gasteiger partial charge in [-0.3, -0.25) is 9.59 Å². The Kier molecular flexibility index (Phi) is 6.29. The first-order chi connectivity index (χ1) is 11.1. The molecule has 1 heterocycles. The van der Waals surface area contributed by atoms with Gasteiger partial charge in [-0.2, -0.15) is 11.8 Å². The van der Waals surface area contributed by atoms with Gasteiger partial charge in [-0.05, 0) is 30.6 Å². The number of benzene rings is 1. The van der Waals surface area contributed by atoms with E-state index in [1.807, 2.05) is 24.5 Å². The number of aliphatic hydroxyl groups excluding tert-OH is 1. The van der Waals surface area contributed by atoms with Crippen LogP contribution in [0.15, 0.2) is 24.3 Å². The first kappa shape index (κ1) is 17.6. The molecule has 7 heteroatoms. The molecule has 23 heavy (non-hydrogen) atoms. The summed E-state index contributed by atoms with van der Waals surface area (Å²) in [5, 5.41) is 9.90. The van der Waals surface area contributed by atoms with Crippen LogP contribution in [0.3, 0.4) is 0 Å². The minimum Gasteiger partial charge on any atom is -0.495 e. The molecular weight excluding hydrogens is 316 g/mol. The fourth-order valence-corrected chi connectivity index (χ4v) is 2.99. The highest BCUT2D eigenvalue weighted by molar-refractivity contribution is 7.98. The summed E-state index contributed by atoms with van der Waals surface area (Å²) in [6.45, 7) is 0.770. The van der Waals surface area contributed by atoms with Crippen LogP contribution in [0.5, 0.6) is 5.75 Å². The van der Waals surface area contributed by atoms with E-state index in [1.165, 1.54) is 4.90 Å². The van der Waals surface area contributed by atoms with Crippen molar-refractivity contribution in [2.24, 2.45) is 0 Å². The van der Waals surface area contributed by atoms with E-state index >= 15 is 0 Å². The molecule has 1 N–H and O–H groups in total. The molecule has 0 saturated carbocycles. The Morgan fingerprint density at radius 1 is 1.39 bits per heavy atom. The lowest BCUT2D eigenvalue weighted by atomic mass is 10.2. The van der Waals surface area contributed by atoms with Gasteiger partial charge in [0.25, 0.3) is 5.91 Å². The zero-order chi connectivity index (χ0) is 16.8. The maximum absolute atomic E-state index is 12.4. The van der Waals surface area contributed by atoms with Crippen molar-refractivity contribution in [1.82, 2.24) is 4.90 Å². The Morgan fingerprint density at radius 3 is 2.78 bits per heavy atom. The number of amides is 2. The number of para-hydroxylation sites is 2. The Morgan fingerprint density at radius 2 is 2.13 bits per heavy atom. The van der Waals surface area contributed by atoms with E-state index in [2.05, 4.69) is 0 Å². The number of rotatable bonds is 6. The molecule has 2 amide bonds. The van der Waals surface area contributed by atoms with E-state index in [4.69, 9.17) is 4.74 Å². The van der Waals surface area contributed by atoms with E-state index in [0.29, 0.717) is 36.7 Å². The molecule has 0 aliphatic carbocycles. The van der Waals surface area contributed by atoms with Gasteiger partial charge in [0, 0.05) is 13.1 Å². The van der Waals surface area contributed by atoms with Crippen LogP contribution >= 0.6 is 11.8 Å². The lowest BCUT2D eigenvalue weighted by Gasteiger charge is -2.35. The fourth-order valence-electron chi connectivity index (χ4n) is 2.53. The molecule has 1 aromatic rings. The first-order valence-electron chi connectivity index (χ1n) is 7.47. The number of nitrogens with zero attached hydrogens (tertiary/aromatic N) is 2. The molecule has 1 saturated heterocycles. The van der Waals surface area contributed by atoms with Gasteiger partial charge in [0.05, 0.1) is 12.8 Å². The monoisotopic (exact) mass is 338 g/mol. The fraction of sp³-hybridized carbons (Fsp3) is 0.500. The molecule has 1 aromatic carbocycles. The van der Waals surface area contributed by atoms with Crippen molar-refractivity contribution in [1.29, 1.82) is 0 Å². The normalized spacial score (nSPS) is 16.4. The molecule has 0 bridgehead atoms. The summed E-state index contributed by atoms with van der Waals surface area (Å²) in [7, 11) is 1.56. The SMILES string of the molecule is COc1ccccc1N1CCN(C(=O)[C@@H](O)CCSC)CC1=O. The molecule has 0 aromatic heterocycles. The van der Waals surface area contributed by atoms with Crippen LogP contribution in [0.1, 0.15) is 6.42 Å². The summed E-state index contributed by atoms with van der Waals surface area (Å²) in [5.74, 6) is 0.793. The lowest BCUT2D eigenvalue weighted by Crippen LogP contribution is -2.54. The van der Waals surface area contributed by atoms with Crippen molar-refractivity contribution < 1.29 is 19.4 Å². The highest BCUT2D eigenvalue weighted by Gasteiger charge is 2.31.